The number of rotatable bonds is 2. The summed E-state index contributed by atoms with van der Waals surface area (Å²) in [7, 11) is 0. The average molecular weight is 238 g/mol. The first kappa shape index (κ1) is 13.4. The molecule has 2 aliphatic rings. The number of hydrogen-bond acceptors (Lipinski definition) is 2. The highest BCUT2D eigenvalue weighted by atomic mass is 15.2. The highest BCUT2D eigenvalue weighted by Crippen LogP contribution is 2.29. The van der Waals surface area contributed by atoms with Gasteiger partial charge >= 0.3 is 0 Å². The molecule has 0 radical (unpaired) electrons. The monoisotopic (exact) mass is 238 g/mol. The fourth-order valence-corrected chi connectivity index (χ4v) is 3.54. The fourth-order valence-electron chi connectivity index (χ4n) is 3.54. The van der Waals surface area contributed by atoms with E-state index in [-0.39, 0.29) is 0 Å². The van der Waals surface area contributed by atoms with Crippen LogP contribution >= 0.6 is 0 Å². The van der Waals surface area contributed by atoms with Crippen LogP contribution in [0.3, 0.4) is 0 Å². The van der Waals surface area contributed by atoms with Crippen LogP contribution in [0.2, 0.25) is 0 Å². The van der Waals surface area contributed by atoms with E-state index >= 15 is 0 Å². The van der Waals surface area contributed by atoms with Crippen LogP contribution in [0.1, 0.15) is 52.9 Å². The van der Waals surface area contributed by atoms with Gasteiger partial charge in [0.2, 0.25) is 0 Å². The Labute approximate surface area is 107 Å². The van der Waals surface area contributed by atoms with Crippen molar-refractivity contribution in [2.45, 2.75) is 65.0 Å². The van der Waals surface area contributed by atoms with Gasteiger partial charge in [-0.15, -0.1) is 0 Å². The highest BCUT2D eigenvalue weighted by molar-refractivity contribution is 4.84. The summed E-state index contributed by atoms with van der Waals surface area (Å²) in [5, 5.41) is 3.71. The molecule has 0 aromatic rings. The van der Waals surface area contributed by atoms with Crippen molar-refractivity contribution in [3.63, 3.8) is 0 Å². The summed E-state index contributed by atoms with van der Waals surface area (Å²) in [6.07, 6.45) is 6.95. The second kappa shape index (κ2) is 6.19. The smallest absolute Gasteiger partial charge is 0.00980 e. The molecule has 1 aliphatic carbocycles. The molecule has 1 saturated carbocycles. The van der Waals surface area contributed by atoms with Gasteiger partial charge in [0.1, 0.15) is 0 Å². The molecule has 0 amide bonds. The lowest BCUT2D eigenvalue weighted by atomic mass is 10.0. The molecule has 0 aromatic carbocycles. The minimum Gasteiger partial charge on any atom is -0.314 e. The minimum atomic E-state index is 0.749. The zero-order chi connectivity index (χ0) is 12.3. The molecule has 100 valence electrons. The summed E-state index contributed by atoms with van der Waals surface area (Å²) < 4.78 is 0. The molecule has 1 N–H and O–H groups in total. The normalized spacial score (nSPS) is 41.1. The first-order valence-corrected chi connectivity index (χ1v) is 7.66. The Kier molecular flexibility index (Phi) is 4.87. The van der Waals surface area contributed by atoms with Crippen LogP contribution in [0.4, 0.5) is 0 Å². The van der Waals surface area contributed by atoms with Crippen molar-refractivity contribution in [1.29, 1.82) is 0 Å². The van der Waals surface area contributed by atoms with Gasteiger partial charge in [0.25, 0.3) is 0 Å². The van der Waals surface area contributed by atoms with Crippen LogP contribution < -0.4 is 5.32 Å². The lowest BCUT2D eigenvalue weighted by molar-refractivity contribution is 0.144. The Morgan fingerprint density at radius 1 is 1.12 bits per heavy atom. The second-order valence-electron chi connectivity index (χ2n) is 6.47. The highest BCUT2D eigenvalue weighted by Gasteiger charge is 2.28. The second-order valence-corrected chi connectivity index (χ2v) is 6.47. The molecule has 2 fully saturated rings. The number of hydrogen-bond donors (Lipinski definition) is 1. The van der Waals surface area contributed by atoms with E-state index in [4.69, 9.17) is 0 Å². The van der Waals surface area contributed by atoms with Gasteiger partial charge in [-0.25, -0.2) is 0 Å². The molecule has 0 bridgehead atoms. The van der Waals surface area contributed by atoms with E-state index in [9.17, 15) is 0 Å². The third-order valence-corrected chi connectivity index (χ3v) is 4.74. The summed E-state index contributed by atoms with van der Waals surface area (Å²) in [4.78, 5) is 2.80. The van der Waals surface area contributed by atoms with Crippen molar-refractivity contribution < 1.29 is 0 Å². The van der Waals surface area contributed by atoms with Crippen molar-refractivity contribution in [2.75, 3.05) is 19.6 Å². The quantitative estimate of drug-likeness (QED) is 0.796. The molecule has 4 unspecified atom stereocenters. The van der Waals surface area contributed by atoms with Crippen molar-refractivity contribution >= 4 is 0 Å². The summed E-state index contributed by atoms with van der Waals surface area (Å²) in [6, 6.07) is 1.64. The fraction of sp³-hybridized carbons (Fsp3) is 1.00. The molecule has 1 heterocycles. The van der Waals surface area contributed by atoms with Gasteiger partial charge in [-0.05, 0) is 57.0 Å². The van der Waals surface area contributed by atoms with Gasteiger partial charge in [0.15, 0.2) is 0 Å². The molecule has 4 atom stereocenters. The van der Waals surface area contributed by atoms with Crippen LogP contribution in [-0.2, 0) is 0 Å². The zero-order valence-corrected chi connectivity index (χ0v) is 11.9. The van der Waals surface area contributed by atoms with Crippen LogP contribution in [-0.4, -0.2) is 36.6 Å². The van der Waals surface area contributed by atoms with Gasteiger partial charge < -0.3 is 10.2 Å². The summed E-state index contributed by atoms with van der Waals surface area (Å²) in [5.74, 6) is 1.76. The van der Waals surface area contributed by atoms with Crippen LogP contribution in [0.15, 0.2) is 0 Å². The molecule has 2 rings (SSSR count). The lowest BCUT2D eigenvalue weighted by Crippen LogP contribution is -2.46. The summed E-state index contributed by atoms with van der Waals surface area (Å²) in [6.45, 7) is 11.0. The molecular formula is C15H30N2. The molecule has 2 heteroatoms. The SMILES string of the molecule is CCC1CCN(C2CCC(C)C2)CC(C)CN1. The lowest BCUT2D eigenvalue weighted by Gasteiger charge is -2.36. The minimum absolute atomic E-state index is 0.749. The topological polar surface area (TPSA) is 15.3 Å². The largest absolute Gasteiger partial charge is 0.314 e. The predicted octanol–water partition coefficient (Wildman–Crippen LogP) is 2.89. The van der Waals surface area contributed by atoms with Crippen LogP contribution in [0.5, 0.6) is 0 Å². The molecule has 0 spiro atoms. The van der Waals surface area contributed by atoms with Crippen molar-refractivity contribution in [3.8, 4) is 0 Å². The third-order valence-electron chi connectivity index (χ3n) is 4.74. The third kappa shape index (κ3) is 3.69. The maximum absolute atomic E-state index is 3.71. The number of nitrogens with zero attached hydrogens (tertiary/aromatic N) is 1. The van der Waals surface area contributed by atoms with Gasteiger partial charge in [-0.1, -0.05) is 20.8 Å². The Morgan fingerprint density at radius 2 is 1.94 bits per heavy atom. The van der Waals surface area contributed by atoms with E-state index in [1.54, 1.807) is 0 Å². The van der Waals surface area contributed by atoms with Gasteiger partial charge in [-0.2, -0.15) is 0 Å². The maximum atomic E-state index is 3.71. The molecular weight excluding hydrogens is 208 g/mol. The molecule has 1 saturated heterocycles. The van der Waals surface area contributed by atoms with Gasteiger partial charge in [-0.3, -0.25) is 0 Å². The first-order valence-electron chi connectivity index (χ1n) is 7.66. The molecule has 2 nitrogen and oxygen atoms in total. The van der Waals surface area contributed by atoms with E-state index in [1.165, 1.54) is 51.7 Å². The van der Waals surface area contributed by atoms with E-state index in [0.29, 0.717) is 0 Å². The van der Waals surface area contributed by atoms with E-state index in [2.05, 4.69) is 31.0 Å². The predicted molar refractivity (Wildman–Crippen MR) is 74.2 cm³/mol. The molecule has 1 aliphatic heterocycles. The van der Waals surface area contributed by atoms with E-state index in [1.807, 2.05) is 0 Å². The molecule has 0 aromatic heterocycles. The van der Waals surface area contributed by atoms with Crippen molar-refractivity contribution in [2.24, 2.45) is 11.8 Å². The first-order chi connectivity index (χ1) is 8.19. The Morgan fingerprint density at radius 3 is 2.59 bits per heavy atom. The van der Waals surface area contributed by atoms with E-state index < -0.39 is 0 Å². The van der Waals surface area contributed by atoms with Crippen LogP contribution in [0, 0.1) is 11.8 Å². The zero-order valence-electron chi connectivity index (χ0n) is 11.9. The van der Waals surface area contributed by atoms with E-state index in [0.717, 1.165) is 23.9 Å². The maximum Gasteiger partial charge on any atom is 0.00980 e. The van der Waals surface area contributed by atoms with Crippen molar-refractivity contribution in [1.82, 2.24) is 10.2 Å². The Balaban J connectivity index is 1.91. The van der Waals surface area contributed by atoms with Gasteiger partial charge in [0.05, 0.1) is 0 Å². The average Bonchev–Trinajstić information content (AvgIpc) is 2.71. The molecule has 17 heavy (non-hydrogen) atoms. The van der Waals surface area contributed by atoms with Gasteiger partial charge in [0, 0.05) is 18.6 Å². The summed E-state index contributed by atoms with van der Waals surface area (Å²) in [5.41, 5.74) is 0. The summed E-state index contributed by atoms with van der Waals surface area (Å²) >= 11 is 0. The Bertz CT molecular complexity index is 229. The number of nitrogens with one attached hydrogen (secondary N) is 1. The van der Waals surface area contributed by atoms with Crippen LogP contribution in [0.25, 0.3) is 0 Å². The standard InChI is InChI=1S/C15H30N2/c1-4-14-7-8-17(11-13(3)10-16-14)15-6-5-12(2)9-15/h12-16H,4-11H2,1-3H3. The van der Waals surface area contributed by atoms with Crippen molar-refractivity contribution in [3.05, 3.63) is 0 Å². The Hall–Kier alpha value is -0.0800.